The molecule has 0 bridgehead atoms. The van der Waals surface area contributed by atoms with E-state index in [1.54, 1.807) is 24.3 Å². The zero-order chi connectivity index (χ0) is 19.7. The van der Waals surface area contributed by atoms with Gasteiger partial charge in [-0.25, -0.2) is 0 Å². The average molecular weight is 402 g/mol. The highest BCUT2D eigenvalue weighted by molar-refractivity contribution is 6.30. The minimum Gasteiger partial charge on any atom is -0.253 e. The summed E-state index contributed by atoms with van der Waals surface area (Å²) in [7, 11) is 0. The Balaban J connectivity index is 1.64. The molecule has 28 heavy (non-hydrogen) atoms. The number of benzene rings is 2. The maximum atomic E-state index is 12.6. The van der Waals surface area contributed by atoms with Crippen LogP contribution in [0.2, 0.25) is 5.02 Å². The van der Waals surface area contributed by atoms with Crippen molar-refractivity contribution in [3.8, 4) is 11.3 Å². The quantitative estimate of drug-likeness (QED) is 0.480. The van der Waals surface area contributed by atoms with Crippen LogP contribution in [0.4, 0.5) is 13.2 Å². The Morgan fingerprint density at radius 1 is 0.929 bits per heavy atom. The number of fused-ring (bicyclic) bond motifs is 1. The van der Waals surface area contributed by atoms with Gasteiger partial charge >= 0.3 is 6.18 Å². The van der Waals surface area contributed by atoms with Crippen molar-refractivity contribution in [1.82, 2.24) is 4.98 Å². The van der Waals surface area contributed by atoms with Gasteiger partial charge in [-0.2, -0.15) is 13.2 Å². The molecule has 0 atom stereocenters. The Morgan fingerprint density at radius 3 is 2.39 bits per heavy atom. The van der Waals surface area contributed by atoms with Crippen LogP contribution in [0.15, 0.2) is 54.6 Å². The van der Waals surface area contributed by atoms with E-state index in [4.69, 9.17) is 16.6 Å². The smallest absolute Gasteiger partial charge is 0.253 e. The van der Waals surface area contributed by atoms with Crippen molar-refractivity contribution in [3.63, 3.8) is 0 Å². The summed E-state index contributed by atoms with van der Waals surface area (Å²) >= 11 is 6.13. The second-order valence-corrected chi connectivity index (χ2v) is 7.68. The molecule has 1 heterocycles. The van der Waals surface area contributed by atoms with Gasteiger partial charge in [0.05, 0.1) is 12.1 Å². The number of rotatable bonds is 4. The Labute approximate surface area is 167 Å². The molecule has 1 aliphatic carbocycles. The Kier molecular flexibility index (Phi) is 5.15. The topological polar surface area (TPSA) is 12.9 Å². The van der Waals surface area contributed by atoms with E-state index in [1.807, 2.05) is 24.3 Å². The molecule has 4 rings (SSSR count). The van der Waals surface area contributed by atoms with Gasteiger partial charge in [0.15, 0.2) is 0 Å². The molecule has 0 N–H and O–H groups in total. The van der Waals surface area contributed by atoms with E-state index in [9.17, 15) is 13.2 Å². The lowest BCUT2D eigenvalue weighted by Gasteiger charge is -2.13. The van der Waals surface area contributed by atoms with E-state index in [-0.39, 0.29) is 5.56 Å². The predicted molar refractivity (Wildman–Crippen MR) is 106 cm³/mol. The minimum absolute atomic E-state index is 0.288. The highest BCUT2D eigenvalue weighted by atomic mass is 35.5. The largest absolute Gasteiger partial charge is 0.393 e. The highest BCUT2D eigenvalue weighted by Gasteiger charge is 2.27. The summed E-state index contributed by atoms with van der Waals surface area (Å²) in [4.78, 5) is 4.84. The molecule has 0 unspecified atom stereocenters. The van der Waals surface area contributed by atoms with Gasteiger partial charge in [0, 0.05) is 16.3 Å². The second-order valence-electron chi connectivity index (χ2n) is 7.24. The second kappa shape index (κ2) is 7.59. The summed E-state index contributed by atoms with van der Waals surface area (Å²) < 4.78 is 37.7. The molecule has 0 radical (unpaired) electrons. The number of aryl methyl sites for hydroxylation is 1. The van der Waals surface area contributed by atoms with Gasteiger partial charge in [0.2, 0.25) is 0 Å². The lowest BCUT2D eigenvalue weighted by molar-refractivity contribution is -0.127. The number of alkyl halides is 3. The normalized spacial score (nSPS) is 13.6. The van der Waals surface area contributed by atoms with E-state index in [0.29, 0.717) is 11.4 Å². The molecule has 144 valence electrons. The van der Waals surface area contributed by atoms with Gasteiger partial charge in [-0.15, -0.1) is 0 Å². The van der Waals surface area contributed by atoms with Gasteiger partial charge < -0.3 is 0 Å². The van der Waals surface area contributed by atoms with Crippen molar-refractivity contribution in [2.45, 2.75) is 38.3 Å². The molecule has 1 aromatic heterocycles. The van der Waals surface area contributed by atoms with Crippen LogP contribution in [0.5, 0.6) is 0 Å². The third-order valence-corrected chi connectivity index (χ3v) is 5.32. The Hall–Kier alpha value is -2.33. The van der Waals surface area contributed by atoms with E-state index in [0.717, 1.165) is 41.8 Å². The maximum absolute atomic E-state index is 12.6. The van der Waals surface area contributed by atoms with Crippen molar-refractivity contribution in [2.24, 2.45) is 0 Å². The van der Waals surface area contributed by atoms with Gasteiger partial charge in [0.1, 0.15) is 0 Å². The van der Waals surface area contributed by atoms with E-state index >= 15 is 0 Å². The lowest BCUT2D eigenvalue weighted by Crippen LogP contribution is -2.11. The van der Waals surface area contributed by atoms with E-state index in [1.165, 1.54) is 11.1 Å². The zero-order valence-electron chi connectivity index (χ0n) is 15.2. The molecule has 1 aliphatic rings. The number of hydrogen-bond acceptors (Lipinski definition) is 1. The van der Waals surface area contributed by atoms with Gasteiger partial charge in [-0.05, 0) is 66.1 Å². The summed E-state index contributed by atoms with van der Waals surface area (Å²) in [5.74, 6) is 0. The highest BCUT2D eigenvalue weighted by Crippen LogP contribution is 2.31. The van der Waals surface area contributed by atoms with Crippen molar-refractivity contribution >= 4 is 11.6 Å². The van der Waals surface area contributed by atoms with Crippen LogP contribution in [0.1, 0.15) is 34.4 Å². The first-order valence-corrected chi connectivity index (χ1v) is 9.67. The standard InChI is InChI=1S/C23H19ClF3N/c24-19-4-1-3-17(12-19)22-13-18(20-5-2-6-21(20)28-22)11-15-7-9-16(10-8-15)14-23(25,26)27/h1,3-4,7-10,12-13H,2,5-6,11,14H2. The third kappa shape index (κ3) is 4.39. The maximum Gasteiger partial charge on any atom is 0.393 e. The lowest BCUT2D eigenvalue weighted by atomic mass is 9.96. The SMILES string of the molecule is FC(F)(F)Cc1ccc(Cc2cc(-c3cccc(Cl)c3)nc3c2CCC3)cc1. The molecule has 0 fully saturated rings. The monoisotopic (exact) mass is 401 g/mol. The average Bonchev–Trinajstić information content (AvgIpc) is 3.11. The Bertz CT molecular complexity index is 994. The molecular formula is C23H19ClF3N. The molecule has 0 saturated heterocycles. The first-order chi connectivity index (χ1) is 13.4. The number of halogens is 4. The van der Waals surface area contributed by atoms with Crippen LogP contribution in [0.25, 0.3) is 11.3 Å². The molecule has 3 aromatic rings. The van der Waals surface area contributed by atoms with Crippen molar-refractivity contribution in [1.29, 1.82) is 0 Å². The third-order valence-electron chi connectivity index (χ3n) is 5.09. The van der Waals surface area contributed by atoms with Crippen LogP contribution in [0.3, 0.4) is 0 Å². The van der Waals surface area contributed by atoms with Crippen LogP contribution in [0, 0.1) is 0 Å². The minimum atomic E-state index is -4.18. The molecule has 0 amide bonds. The van der Waals surface area contributed by atoms with E-state index in [2.05, 4.69) is 6.07 Å². The van der Waals surface area contributed by atoms with Crippen molar-refractivity contribution in [2.75, 3.05) is 0 Å². The van der Waals surface area contributed by atoms with Crippen molar-refractivity contribution < 1.29 is 13.2 Å². The molecule has 5 heteroatoms. The first-order valence-electron chi connectivity index (χ1n) is 9.29. The molecule has 0 aliphatic heterocycles. The van der Waals surface area contributed by atoms with Crippen LogP contribution in [-0.2, 0) is 25.7 Å². The number of hydrogen-bond donors (Lipinski definition) is 0. The molecular weight excluding hydrogens is 383 g/mol. The first kappa shape index (κ1) is 19.0. The fourth-order valence-corrected chi connectivity index (χ4v) is 4.00. The van der Waals surface area contributed by atoms with Crippen LogP contribution in [-0.4, -0.2) is 11.2 Å². The molecule has 0 saturated carbocycles. The summed E-state index contributed by atoms with van der Waals surface area (Å²) in [6.07, 6.45) is -1.35. The fraction of sp³-hybridized carbons (Fsp3) is 0.261. The van der Waals surface area contributed by atoms with E-state index < -0.39 is 12.6 Å². The van der Waals surface area contributed by atoms with Gasteiger partial charge in [0.25, 0.3) is 0 Å². The predicted octanol–water partition coefficient (Wildman–Crippen LogP) is 6.59. The van der Waals surface area contributed by atoms with Gasteiger partial charge in [-0.3, -0.25) is 4.98 Å². The van der Waals surface area contributed by atoms with Crippen molar-refractivity contribution in [3.05, 3.63) is 87.6 Å². The Morgan fingerprint density at radius 2 is 1.68 bits per heavy atom. The molecule has 0 spiro atoms. The fourth-order valence-electron chi connectivity index (χ4n) is 3.81. The summed E-state index contributed by atoms with van der Waals surface area (Å²) in [6.45, 7) is 0. The number of pyridine rings is 1. The number of nitrogens with zero attached hydrogens (tertiary/aromatic N) is 1. The van der Waals surface area contributed by atoms with Gasteiger partial charge in [-0.1, -0.05) is 48.0 Å². The number of aromatic nitrogens is 1. The van der Waals surface area contributed by atoms with Crippen LogP contribution < -0.4 is 0 Å². The molecule has 2 aromatic carbocycles. The van der Waals surface area contributed by atoms with Crippen LogP contribution >= 0.6 is 11.6 Å². The zero-order valence-corrected chi connectivity index (χ0v) is 15.9. The summed E-state index contributed by atoms with van der Waals surface area (Å²) in [5, 5.41) is 0.668. The summed E-state index contributed by atoms with van der Waals surface area (Å²) in [6, 6.07) is 16.5. The summed E-state index contributed by atoms with van der Waals surface area (Å²) in [5.41, 5.74) is 6.77. The molecule has 1 nitrogen and oxygen atoms in total.